The largest absolute Gasteiger partial charge is 0.309 e. The minimum absolute atomic E-state index is 0.157. The number of aromatic nitrogens is 3. The van der Waals surface area contributed by atoms with E-state index in [0.717, 1.165) is 16.8 Å². The van der Waals surface area contributed by atoms with Crippen LogP contribution in [0.4, 0.5) is 5.82 Å². The van der Waals surface area contributed by atoms with Gasteiger partial charge in [-0.3, -0.25) is 4.79 Å². The van der Waals surface area contributed by atoms with Crippen LogP contribution in [0, 0.1) is 0 Å². The van der Waals surface area contributed by atoms with Crippen molar-refractivity contribution in [2.45, 2.75) is 0 Å². The highest BCUT2D eigenvalue weighted by Crippen LogP contribution is 2.30. The summed E-state index contributed by atoms with van der Waals surface area (Å²) in [7, 11) is 0. The third kappa shape index (κ3) is 4.46. The van der Waals surface area contributed by atoms with E-state index in [0.29, 0.717) is 26.7 Å². The number of amides is 1. The second-order valence-corrected chi connectivity index (χ2v) is 8.01. The quantitative estimate of drug-likeness (QED) is 0.361. The molecule has 0 bridgehead atoms. The van der Waals surface area contributed by atoms with Gasteiger partial charge in [0.25, 0.3) is 0 Å². The minimum atomic E-state index is -0.329. The van der Waals surface area contributed by atoms with Gasteiger partial charge in [0.05, 0.1) is 11.4 Å². The molecule has 1 N–H and O–H groups in total. The predicted molar refractivity (Wildman–Crippen MR) is 119 cm³/mol. The molecule has 9 heteroatoms. The summed E-state index contributed by atoms with van der Waals surface area (Å²) >= 11 is 19.0. The van der Waals surface area contributed by atoms with Crippen LogP contribution in [0.15, 0.2) is 60.0 Å². The molecule has 0 saturated heterocycles. The van der Waals surface area contributed by atoms with Crippen LogP contribution >= 0.6 is 46.1 Å². The molecule has 0 spiro atoms. The van der Waals surface area contributed by atoms with Crippen LogP contribution in [0.1, 0.15) is 0 Å². The van der Waals surface area contributed by atoms with Gasteiger partial charge in [-0.05, 0) is 24.3 Å². The summed E-state index contributed by atoms with van der Waals surface area (Å²) in [6, 6.07) is 16.5. The van der Waals surface area contributed by atoms with Crippen LogP contribution in [-0.2, 0) is 4.79 Å². The summed E-state index contributed by atoms with van der Waals surface area (Å²) in [5, 5.41) is 11.2. The minimum Gasteiger partial charge on any atom is -0.309 e. The van der Waals surface area contributed by atoms with Crippen molar-refractivity contribution >= 4 is 57.9 Å². The average molecular weight is 464 g/mol. The highest BCUT2D eigenvalue weighted by Gasteiger charge is 2.16. The molecule has 2 heterocycles. The number of thiazole rings is 1. The van der Waals surface area contributed by atoms with E-state index in [2.05, 4.69) is 15.4 Å². The zero-order valence-electron chi connectivity index (χ0n) is 14.8. The second-order valence-electron chi connectivity index (χ2n) is 6.04. The Morgan fingerprint density at radius 1 is 0.966 bits per heavy atom. The van der Waals surface area contributed by atoms with E-state index in [-0.39, 0.29) is 11.8 Å². The lowest BCUT2D eigenvalue weighted by Crippen LogP contribution is -2.15. The molecule has 0 saturated carbocycles. The van der Waals surface area contributed by atoms with Gasteiger partial charge in [-0.2, -0.15) is 9.78 Å². The van der Waals surface area contributed by atoms with Crippen LogP contribution in [-0.4, -0.2) is 26.6 Å². The Kier molecular flexibility index (Phi) is 5.87. The average Bonchev–Trinajstić information content (AvgIpc) is 3.36. The zero-order valence-corrected chi connectivity index (χ0v) is 17.9. The first kappa shape index (κ1) is 19.9. The number of carbonyl (C=O) groups excluding carboxylic acids is 1. The van der Waals surface area contributed by atoms with Crippen molar-refractivity contribution in [2.75, 3.05) is 11.2 Å². The highest BCUT2D eigenvalue weighted by molar-refractivity contribution is 7.12. The molecule has 0 unspecified atom stereocenters. The number of carbonyl (C=O) groups is 1. The Labute approximate surface area is 185 Å². The van der Waals surface area contributed by atoms with Gasteiger partial charge in [0, 0.05) is 32.6 Å². The van der Waals surface area contributed by atoms with Crippen molar-refractivity contribution in [2.24, 2.45) is 0 Å². The number of hydrogen-bond acceptors (Lipinski definition) is 4. The lowest BCUT2D eigenvalue weighted by Gasteiger charge is -2.04. The van der Waals surface area contributed by atoms with E-state index in [9.17, 15) is 4.79 Å². The Morgan fingerprint density at radius 3 is 2.14 bits per heavy atom. The maximum absolute atomic E-state index is 11.9. The first-order chi connectivity index (χ1) is 14.0. The lowest BCUT2D eigenvalue weighted by atomic mass is 10.1. The SMILES string of the molecule is O=C(CCl)Nc1cc(-c2ccc(Cl)cc2)nn1-c1nc(-c2ccc(Cl)cc2)cs1. The number of benzene rings is 2. The first-order valence-electron chi connectivity index (χ1n) is 8.47. The molecule has 0 aliphatic rings. The Bertz CT molecular complexity index is 1150. The summed E-state index contributed by atoms with van der Waals surface area (Å²) in [4.78, 5) is 16.5. The van der Waals surface area contributed by atoms with E-state index in [4.69, 9.17) is 34.8 Å². The van der Waals surface area contributed by atoms with Crippen LogP contribution in [0.25, 0.3) is 27.6 Å². The summed E-state index contributed by atoms with van der Waals surface area (Å²) in [6.45, 7) is 0. The normalized spacial score (nSPS) is 10.9. The van der Waals surface area contributed by atoms with Gasteiger partial charge in [0.15, 0.2) is 0 Å². The fourth-order valence-electron chi connectivity index (χ4n) is 2.67. The van der Waals surface area contributed by atoms with Crippen LogP contribution in [0.5, 0.6) is 0 Å². The smallest absolute Gasteiger partial charge is 0.240 e. The number of nitrogens with one attached hydrogen (secondary N) is 1. The molecule has 4 rings (SSSR count). The van der Waals surface area contributed by atoms with E-state index >= 15 is 0 Å². The number of alkyl halides is 1. The summed E-state index contributed by atoms with van der Waals surface area (Å²) < 4.78 is 1.60. The van der Waals surface area contributed by atoms with E-state index in [1.807, 2.05) is 41.8 Å². The Balaban J connectivity index is 1.74. The van der Waals surface area contributed by atoms with Gasteiger partial charge in [-0.1, -0.05) is 47.5 Å². The lowest BCUT2D eigenvalue weighted by molar-refractivity contribution is -0.114. The number of rotatable bonds is 5. The third-order valence-corrected chi connectivity index (χ3v) is 5.61. The van der Waals surface area contributed by atoms with Gasteiger partial charge in [-0.15, -0.1) is 22.9 Å². The van der Waals surface area contributed by atoms with E-state index in [1.165, 1.54) is 11.3 Å². The molecule has 0 aliphatic heterocycles. The molecule has 1 amide bonds. The van der Waals surface area contributed by atoms with Gasteiger partial charge in [0.1, 0.15) is 11.7 Å². The summed E-state index contributed by atoms with van der Waals surface area (Å²) in [6.07, 6.45) is 0. The van der Waals surface area contributed by atoms with Gasteiger partial charge >= 0.3 is 0 Å². The summed E-state index contributed by atoms with van der Waals surface area (Å²) in [5.74, 6) is -0.00224. The first-order valence-corrected chi connectivity index (χ1v) is 10.6. The molecule has 2 aromatic carbocycles. The molecule has 0 atom stereocenters. The van der Waals surface area contributed by atoms with Crippen molar-refractivity contribution in [1.82, 2.24) is 14.8 Å². The van der Waals surface area contributed by atoms with Crippen LogP contribution in [0.2, 0.25) is 10.0 Å². The molecule has 146 valence electrons. The monoisotopic (exact) mass is 462 g/mol. The second kappa shape index (κ2) is 8.55. The highest BCUT2D eigenvalue weighted by atomic mass is 35.5. The van der Waals surface area contributed by atoms with Crippen molar-refractivity contribution in [3.05, 3.63) is 70.0 Å². The standard InChI is InChI=1S/C20H13Cl3N4OS/c21-10-19(28)25-18-9-16(12-1-5-14(22)6-2-12)26-27(18)20-24-17(11-29-20)13-3-7-15(23)8-4-13/h1-9,11H,10H2,(H,25,28). The van der Waals surface area contributed by atoms with E-state index in [1.54, 1.807) is 22.9 Å². The van der Waals surface area contributed by atoms with Crippen molar-refractivity contribution < 1.29 is 4.79 Å². The molecule has 0 fully saturated rings. The fraction of sp³-hybridized carbons (Fsp3) is 0.0500. The predicted octanol–water partition coefficient (Wildman–Crippen LogP) is 6.15. The number of halogens is 3. The van der Waals surface area contributed by atoms with Gasteiger partial charge < -0.3 is 5.32 Å². The fourth-order valence-corrected chi connectivity index (χ4v) is 3.78. The molecule has 0 aliphatic carbocycles. The maximum Gasteiger partial charge on any atom is 0.240 e. The molecular weight excluding hydrogens is 451 g/mol. The van der Waals surface area contributed by atoms with Gasteiger partial charge in [-0.25, -0.2) is 4.98 Å². The Hall–Kier alpha value is -2.38. The molecular formula is C20H13Cl3N4OS. The molecule has 0 radical (unpaired) electrons. The van der Waals surface area contributed by atoms with Gasteiger partial charge in [0.2, 0.25) is 11.0 Å². The molecule has 29 heavy (non-hydrogen) atoms. The molecule has 4 aromatic rings. The summed E-state index contributed by atoms with van der Waals surface area (Å²) in [5.41, 5.74) is 3.27. The van der Waals surface area contributed by atoms with Crippen molar-refractivity contribution in [1.29, 1.82) is 0 Å². The van der Waals surface area contributed by atoms with Crippen LogP contribution in [0.3, 0.4) is 0 Å². The Morgan fingerprint density at radius 2 is 1.55 bits per heavy atom. The van der Waals surface area contributed by atoms with Crippen molar-refractivity contribution in [3.63, 3.8) is 0 Å². The zero-order chi connectivity index (χ0) is 20.4. The molecule has 2 aromatic heterocycles. The topological polar surface area (TPSA) is 59.8 Å². The third-order valence-electron chi connectivity index (χ3n) is 4.05. The van der Waals surface area contributed by atoms with Crippen molar-refractivity contribution in [3.8, 4) is 27.6 Å². The van der Waals surface area contributed by atoms with E-state index < -0.39 is 0 Å². The van der Waals surface area contributed by atoms with Crippen LogP contribution < -0.4 is 5.32 Å². The molecule has 5 nitrogen and oxygen atoms in total. The number of anilines is 1. The maximum atomic E-state index is 11.9. The number of nitrogens with zero attached hydrogens (tertiary/aromatic N) is 3. The number of hydrogen-bond donors (Lipinski definition) is 1.